The van der Waals surface area contributed by atoms with Crippen LogP contribution in [0.4, 0.5) is 34.1 Å². The van der Waals surface area contributed by atoms with Gasteiger partial charge in [0.15, 0.2) is 0 Å². The number of anilines is 6. The van der Waals surface area contributed by atoms with Gasteiger partial charge in [-0.1, -0.05) is 266 Å². The van der Waals surface area contributed by atoms with E-state index >= 15 is 0 Å². The maximum atomic E-state index is 6.51. The minimum atomic E-state index is -0.219. The van der Waals surface area contributed by atoms with Crippen molar-refractivity contribution < 1.29 is 8.83 Å². The zero-order valence-electron chi connectivity index (χ0n) is 59.3. The van der Waals surface area contributed by atoms with Gasteiger partial charge in [0.1, 0.15) is 22.3 Å². The maximum Gasteiger partial charge on any atom is 0.252 e. The SMILES string of the molecule is CC(C)(C)c1ccc(-c2cccc3c4ccccc4n(-c4ccc5c(c4)N(c4ccccc4-c4ccc6oc7ccccc7c6c4)c4cccc6c4B5c4ccc(-n5c7ccccc7c7cccc(-c8ccc(C(C)(C)C)cc8)c75)cc4N6c4ccccc4-c4ccc5oc6ccccc6c5c4)c23)cc1. The number of rotatable bonds is 8. The summed E-state index contributed by atoms with van der Waals surface area (Å²) in [6, 6.07) is 120. The lowest BCUT2D eigenvalue weighted by molar-refractivity contribution is 0.590. The van der Waals surface area contributed by atoms with Crippen LogP contribution in [0.2, 0.25) is 0 Å². The Bertz CT molecular complexity index is 6420. The quantitative estimate of drug-likeness (QED) is 0.142. The number of hydrogen-bond acceptors (Lipinski definition) is 4. The normalized spacial score (nSPS) is 13.0. The van der Waals surface area contributed by atoms with Crippen LogP contribution in [0.5, 0.6) is 0 Å². The molecule has 105 heavy (non-hydrogen) atoms. The summed E-state index contributed by atoms with van der Waals surface area (Å²) in [6.07, 6.45) is 0. The smallest absolute Gasteiger partial charge is 0.252 e. The molecule has 2 aliphatic rings. The standard InChI is InChI=1S/C98H71BN4O2/c1-97(2,3)64-46-40-60(41-47-64)70-28-19-30-76-72-24-9-15-34-84(72)100(95(70)76)66-50-52-80-88(58-66)102(82-32-13-7-22-68(82)62-44-54-92-78(56-62)74-26-11-17-38-90(74)104-92)86-36-21-37-87-94(86)99(80)81-53-51-67(101-85-35-16-10-25-73(85)77-31-20-29-71(96(77)101)61-42-48-65(49-43-61)98(4,5)6)59-89(81)103(87)83-33-14-8-23-69(83)63-45-55-93-79(57-63)75-27-12-18-39-91(75)105-93/h7-59H,1-6H3. The highest BCUT2D eigenvalue weighted by Crippen LogP contribution is 2.51. The van der Waals surface area contributed by atoms with E-state index in [9.17, 15) is 0 Å². The summed E-state index contributed by atoms with van der Waals surface area (Å²) in [5.41, 5.74) is 32.3. The van der Waals surface area contributed by atoms with Gasteiger partial charge in [-0.3, -0.25) is 0 Å². The van der Waals surface area contributed by atoms with Gasteiger partial charge in [0.25, 0.3) is 6.71 Å². The summed E-state index contributed by atoms with van der Waals surface area (Å²) in [5, 5.41) is 9.21. The number of benzene rings is 15. The molecular formula is C98H71BN4O2. The van der Waals surface area contributed by atoms with E-state index < -0.39 is 0 Å². The molecule has 15 aromatic carbocycles. The molecule has 7 heteroatoms. The van der Waals surface area contributed by atoms with Gasteiger partial charge in [-0.25, -0.2) is 0 Å². The largest absolute Gasteiger partial charge is 0.456 e. The molecular weight excluding hydrogens is 1280 g/mol. The molecule has 0 unspecified atom stereocenters. The molecule has 0 aliphatic carbocycles. The second-order valence-electron chi connectivity index (χ2n) is 30.7. The van der Waals surface area contributed by atoms with Crippen LogP contribution in [0.3, 0.4) is 0 Å². The average Bonchev–Trinajstić information content (AvgIpc) is 1.00. The zero-order chi connectivity index (χ0) is 70.1. The van der Waals surface area contributed by atoms with E-state index in [1.54, 1.807) is 0 Å². The van der Waals surface area contributed by atoms with Crippen molar-refractivity contribution in [3.05, 3.63) is 333 Å². The van der Waals surface area contributed by atoms with Crippen molar-refractivity contribution in [3.8, 4) is 55.9 Å². The second-order valence-corrected chi connectivity index (χ2v) is 30.7. The molecule has 4 aromatic heterocycles. The van der Waals surface area contributed by atoms with E-state index in [4.69, 9.17) is 8.83 Å². The number of nitrogens with zero attached hydrogens (tertiary/aromatic N) is 4. The minimum absolute atomic E-state index is 0.0132. The Morgan fingerprint density at radius 3 is 1.06 bits per heavy atom. The summed E-state index contributed by atoms with van der Waals surface area (Å²) >= 11 is 0. The molecule has 0 bridgehead atoms. The van der Waals surface area contributed by atoms with Gasteiger partial charge in [-0.2, -0.15) is 0 Å². The fourth-order valence-electron chi connectivity index (χ4n) is 17.7. The second kappa shape index (κ2) is 22.8. The number of aromatic nitrogens is 2. The number of furan rings is 2. The summed E-state index contributed by atoms with van der Waals surface area (Å²) < 4.78 is 18.1. The molecule has 0 fully saturated rings. The van der Waals surface area contributed by atoms with E-state index in [0.717, 1.165) is 123 Å². The Balaban J connectivity index is 0.843. The topological polar surface area (TPSA) is 42.6 Å². The Kier molecular flexibility index (Phi) is 13.2. The summed E-state index contributed by atoms with van der Waals surface area (Å²) in [4.78, 5) is 5.19. The fraction of sp³-hybridized carbons (Fsp3) is 0.0816. The molecule has 0 spiro atoms. The monoisotopic (exact) mass is 1350 g/mol. The van der Waals surface area contributed by atoms with Gasteiger partial charge in [0, 0.05) is 99.5 Å². The highest BCUT2D eigenvalue weighted by atomic mass is 16.3. The molecule has 0 saturated heterocycles. The highest BCUT2D eigenvalue weighted by Gasteiger charge is 2.45. The van der Waals surface area contributed by atoms with Gasteiger partial charge < -0.3 is 27.8 Å². The third-order valence-corrected chi connectivity index (χ3v) is 22.7. The molecule has 19 aromatic rings. The van der Waals surface area contributed by atoms with E-state index in [2.05, 4.69) is 382 Å². The molecule has 0 amide bonds. The lowest BCUT2D eigenvalue weighted by Crippen LogP contribution is -2.61. The van der Waals surface area contributed by atoms with Crippen molar-refractivity contribution >= 4 is 145 Å². The van der Waals surface area contributed by atoms with Crippen LogP contribution in [0.15, 0.2) is 330 Å². The molecule has 21 rings (SSSR count). The Hall–Kier alpha value is -12.8. The van der Waals surface area contributed by atoms with Crippen molar-refractivity contribution in [3.63, 3.8) is 0 Å². The molecule has 0 saturated carbocycles. The Morgan fingerprint density at radius 2 is 0.610 bits per heavy atom. The maximum absolute atomic E-state index is 6.51. The van der Waals surface area contributed by atoms with Gasteiger partial charge in [-0.15, -0.1) is 0 Å². The summed E-state index contributed by atoms with van der Waals surface area (Å²) in [5.74, 6) is 0. The molecule has 498 valence electrons. The van der Waals surface area contributed by atoms with Crippen LogP contribution in [0.25, 0.3) is 143 Å². The number of hydrogen-bond donors (Lipinski definition) is 0. The summed E-state index contributed by atoms with van der Waals surface area (Å²) in [7, 11) is 0. The van der Waals surface area contributed by atoms with Crippen molar-refractivity contribution in [2.75, 3.05) is 9.80 Å². The lowest BCUT2D eigenvalue weighted by Gasteiger charge is -2.45. The first-order valence-corrected chi connectivity index (χ1v) is 36.7. The van der Waals surface area contributed by atoms with Gasteiger partial charge in [0.05, 0.1) is 33.4 Å². The van der Waals surface area contributed by atoms with E-state index in [-0.39, 0.29) is 17.5 Å². The first-order chi connectivity index (χ1) is 51.4. The Morgan fingerprint density at radius 1 is 0.257 bits per heavy atom. The fourth-order valence-corrected chi connectivity index (χ4v) is 17.7. The number of para-hydroxylation sites is 8. The van der Waals surface area contributed by atoms with E-state index in [1.807, 2.05) is 0 Å². The highest BCUT2D eigenvalue weighted by molar-refractivity contribution is 7.00. The average molecular weight is 1350 g/mol. The third kappa shape index (κ3) is 9.30. The van der Waals surface area contributed by atoms with Crippen molar-refractivity contribution in [1.29, 1.82) is 0 Å². The van der Waals surface area contributed by atoms with E-state index in [1.165, 1.54) is 82.3 Å². The van der Waals surface area contributed by atoms with E-state index in [0.29, 0.717) is 0 Å². The first-order valence-electron chi connectivity index (χ1n) is 36.7. The van der Waals surface area contributed by atoms with Gasteiger partial charge in [0.2, 0.25) is 0 Å². The van der Waals surface area contributed by atoms with Crippen molar-refractivity contribution in [2.45, 2.75) is 52.4 Å². The van der Waals surface area contributed by atoms with Crippen LogP contribution < -0.4 is 26.2 Å². The lowest BCUT2D eigenvalue weighted by atomic mass is 9.33. The van der Waals surface area contributed by atoms with Crippen LogP contribution in [-0.4, -0.2) is 15.8 Å². The predicted molar refractivity (Wildman–Crippen MR) is 443 cm³/mol. The van der Waals surface area contributed by atoms with Crippen molar-refractivity contribution in [1.82, 2.24) is 9.13 Å². The third-order valence-electron chi connectivity index (χ3n) is 22.7. The molecule has 0 N–H and O–H groups in total. The summed E-state index contributed by atoms with van der Waals surface area (Å²) in [6.45, 7) is 13.5. The first kappa shape index (κ1) is 60.9. The van der Waals surface area contributed by atoms with Crippen molar-refractivity contribution in [2.24, 2.45) is 0 Å². The van der Waals surface area contributed by atoms with Crippen LogP contribution >= 0.6 is 0 Å². The van der Waals surface area contributed by atoms with Gasteiger partial charge >= 0.3 is 0 Å². The number of fused-ring (bicyclic) bond motifs is 16. The van der Waals surface area contributed by atoms with Gasteiger partial charge in [-0.05, 0) is 158 Å². The van der Waals surface area contributed by atoms with Crippen LogP contribution in [0.1, 0.15) is 52.7 Å². The molecule has 6 heterocycles. The van der Waals surface area contributed by atoms with Crippen LogP contribution in [-0.2, 0) is 10.8 Å². The molecule has 0 atom stereocenters. The zero-order valence-corrected chi connectivity index (χ0v) is 59.3. The molecule has 2 aliphatic heterocycles. The predicted octanol–water partition coefficient (Wildman–Crippen LogP) is 25.0. The van der Waals surface area contributed by atoms with Crippen LogP contribution in [0, 0.1) is 0 Å². The molecule has 6 nitrogen and oxygen atoms in total. The minimum Gasteiger partial charge on any atom is -0.456 e. The molecule has 0 radical (unpaired) electrons. The Labute approximate surface area is 609 Å².